The minimum Gasteiger partial charge on any atom is -0.456 e. The summed E-state index contributed by atoms with van der Waals surface area (Å²) in [5, 5.41) is 2.22. The molecule has 2 fully saturated rings. The summed E-state index contributed by atoms with van der Waals surface area (Å²) in [5.74, 6) is -1.48. The van der Waals surface area contributed by atoms with Crippen LogP contribution in [-0.4, -0.2) is 89.5 Å². The lowest BCUT2D eigenvalue weighted by atomic mass is 10.0. The van der Waals surface area contributed by atoms with Gasteiger partial charge in [-0.1, -0.05) is 0 Å². The number of imide groups is 2. The Morgan fingerprint density at radius 3 is 2.29 bits per heavy atom. The average molecular weight is 579 g/mol. The molecule has 3 aliphatic rings. The van der Waals surface area contributed by atoms with Crippen molar-refractivity contribution in [3.05, 3.63) is 59.2 Å². The molecular formula is C30H34N4O6S. The van der Waals surface area contributed by atoms with Gasteiger partial charge in [-0.2, -0.15) is 0 Å². The van der Waals surface area contributed by atoms with E-state index in [2.05, 4.69) is 15.1 Å². The van der Waals surface area contributed by atoms with Crippen LogP contribution in [0, 0.1) is 0 Å². The maximum absolute atomic E-state index is 13.1. The van der Waals surface area contributed by atoms with Gasteiger partial charge in [0.2, 0.25) is 11.8 Å². The third kappa shape index (κ3) is 6.46. The first-order valence-corrected chi connectivity index (χ1v) is 14.8. The van der Waals surface area contributed by atoms with Gasteiger partial charge in [-0.05, 0) is 69.7 Å². The van der Waals surface area contributed by atoms with E-state index in [-0.39, 0.29) is 18.8 Å². The van der Waals surface area contributed by atoms with E-state index in [1.54, 1.807) is 23.9 Å². The van der Waals surface area contributed by atoms with Gasteiger partial charge in [-0.25, -0.2) is 4.79 Å². The zero-order valence-electron chi connectivity index (χ0n) is 23.5. The van der Waals surface area contributed by atoms with Crippen LogP contribution in [0.15, 0.2) is 47.4 Å². The molecule has 0 spiro atoms. The first kappa shape index (κ1) is 28.8. The van der Waals surface area contributed by atoms with Crippen molar-refractivity contribution in [3.63, 3.8) is 0 Å². The second kappa shape index (κ2) is 11.7. The standard InChI is InChI=1S/C30H34N4O6S/c1-30(2,3)40-29(39)19-4-6-20(7-5-19)33-14-12-32(13-15-33)16-17-41-21-8-9-22-23(18-21)28(38)34(27(22)37)24-10-11-25(35)31-26(24)36/h4-9,18,24H,10-17H2,1-3H3,(H,31,35,36). The van der Waals surface area contributed by atoms with Gasteiger partial charge in [-0.15, -0.1) is 11.8 Å². The highest BCUT2D eigenvalue weighted by atomic mass is 32.2. The Bertz CT molecular complexity index is 1380. The van der Waals surface area contributed by atoms with E-state index in [9.17, 15) is 24.0 Å². The number of piperazine rings is 1. The molecule has 5 rings (SSSR count). The van der Waals surface area contributed by atoms with Gasteiger partial charge in [-0.3, -0.25) is 34.3 Å². The van der Waals surface area contributed by atoms with Crippen LogP contribution in [0.3, 0.4) is 0 Å². The fraction of sp³-hybridized carbons (Fsp3) is 0.433. The largest absolute Gasteiger partial charge is 0.456 e. The smallest absolute Gasteiger partial charge is 0.338 e. The Balaban J connectivity index is 1.10. The van der Waals surface area contributed by atoms with E-state index in [0.717, 1.165) is 54.0 Å². The molecular weight excluding hydrogens is 544 g/mol. The number of fused-ring (bicyclic) bond motifs is 1. The summed E-state index contributed by atoms with van der Waals surface area (Å²) in [6, 6.07) is 11.8. The van der Waals surface area contributed by atoms with Crippen molar-refractivity contribution in [2.75, 3.05) is 43.4 Å². The Morgan fingerprint density at radius 1 is 0.951 bits per heavy atom. The van der Waals surface area contributed by atoms with E-state index in [1.165, 1.54) is 0 Å². The van der Waals surface area contributed by atoms with Crippen LogP contribution in [0.25, 0.3) is 0 Å². The van der Waals surface area contributed by atoms with Crippen LogP contribution >= 0.6 is 11.8 Å². The first-order chi connectivity index (χ1) is 19.5. The molecule has 10 nitrogen and oxygen atoms in total. The van der Waals surface area contributed by atoms with Crippen molar-refractivity contribution in [1.29, 1.82) is 0 Å². The van der Waals surface area contributed by atoms with Gasteiger partial charge in [0, 0.05) is 55.5 Å². The number of carbonyl (C=O) groups is 5. The number of thioether (sulfide) groups is 1. The van der Waals surface area contributed by atoms with Crippen molar-refractivity contribution >= 4 is 47.0 Å². The number of carbonyl (C=O) groups excluding carboxylic acids is 5. The highest BCUT2D eigenvalue weighted by Crippen LogP contribution is 2.31. The molecule has 4 amide bonds. The first-order valence-electron chi connectivity index (χ1n) is 13.8. The Kier molecular flexibility index (Phi) is 8.19. The minimum absolute atomic E-state index is 0.0968. The summed E-state index contributed by atoms with van der Waals surface area (Å²) in [4.78, 5) is 68.6. The van der Waals surface area contributed by atoms with Crippen LogP contribution in [-0.2, 0) is 14.3 Å². The number of nitrogens with zero attached hydrogens (tertiary/aromatic N) is 3. The lowest BCUT2D eigenvalue weighted by Crippen LogP contribution is -2.54. The minimum atomic E-state index is -0.960. The molecule has 2 aromatic rings. The maximum Gasteiger partial charge on any atom is 0.338 e. The van der Waals surface area contributed by atoms with E-state index in [1.807, 2.05) is 51.1 Å². The molecule has 1 unspecified atom stereocenters. The molecule has 0 bridgehead atoms. The van der Waals surface area contributed by atoms with Gasteiger partial charge in [0.25, 0.3) is 11.8 Å². The maximum atomic E-state index is 13.1. The quantitative estimate of drug-likeness (QED) is 0.301. The van der Waals surface area contributed by atoms with Crippen molar-refractivity contribution < 1.29 is 28.7 Å². The van der Waals surface area contributed by atoms with Gasteiger partial charge in [0.15, 0.2) is 0 Å². The number of nitrogens with one attached hydrogen (secondary N) is 1. The third-order valence-corrected chi connectivity index (χ3v) is 8.30. The van der Waals surface area contributed by atoms with E-state index in [4.69, 9.17) is 4.74 Å². The fourth-order valence-corrected chi connectivity index (χ4v) is 6.16. The zero-order chi connectivity index (χ0) is 29.3. The second-order valence-electron chi connectivity index (χ2n) is 11.4. The van der Waals surface area contributed by atoms with Crippen molar-refractivity contribution in [1.82, 2.24) is 15.1 Å². The summed E-state index contributed by atoms with van der Waals surface area (Å²) in [6.07, 6.45) is 0.238. The molecule has 3 heterocycles. The predicted molar refractivity (Wildman–Crippen MR) is 154 cm³/mol. The number of anilines is 1. The van der Waals surface area contributed by atoms with Crippen LogP contribution in [0.4, 0.5) is 5.69 Å². The number of rotatable bonds is 7. The highest BCUT2D eigenvalue weighted by molar-refractivity contribution is 7.99. The van der Waals surface area contributed by atoms with E-state index < -0.39 is 35.3 Å². The summed E-state index contributed by atoms with van der Waals surface area (Å²) in [6.45, 7) is 10.0. The number of esters is 1. The number of hydrogen-bond donors (Lipinski definition) is 1. The molecule has 1 N–H and O–H groups in total. The molecule has 0 saturated carbocycles. The average Bonchev–Trinajstić information content (AvgIpc) is 3.17. The van der Waals surface area contributed by atoms with Crippen LogP contribution in [0.1, 0.15) is 64.7 Å². The molecule has 216 valence electrons. The van der Waals surface area contributed by atoms with Crippen LogP contribution in [0.2, 0.25) is 0 Å². The summed E-state index contributed by atoms with van der Waals surface area (Å²) < 4.78 is 5.44. The number of ether oxygens (including phenoxy) is 1. The molecule has 0 aromatic heterocycles. The molecule has 41 heavy (non-hydrogen) atoms. The van der Waals surface area contributed by atoms with Crippen molar-refractivity contribution in [3.8, 4) is 0 Å². The molecule has 11 heteroatoms. The fourth-order valence-electron chi connectivity index (χ4n) is 5.21. The Hall–Kier alpha value is -3.70. The van der Waals surface area contributed by atoms with Gasteiger partial charge in [0.05, 0.1) is 16.7 Å². The van der Waals surface area contributed by atoms with E-state index in [0.29, 0.717) is 16.7 Å². The monoisotopic (exact) mass is 578 g/mol. The molecule has 0 radical (unpaired) electrons. The van der Waals surface area contributed by atoms with Gasteiger partial charge >= 0.3 is 5.97 Å². The Labute approximate surface area is 243 Å². The Morgan fingerprint density at radius 2 is 1.63 bits per heavy atom. The zero-order valence-corrected chi connectivity index (χ0v) is 24.3. The molecule has 1 atom stereocenters. The predicted octanol–water partition coefficient (Wildman–Crippen LogP) is 2.96. The van der Waals surface area contributed by atoms with Gasteiger partial charge < -0.3 is 9.64 Å². The molecule has 2 saturated heterocycles. The van der Waals surface area contributed by atoms with Crippen LogP contribution in [0.5, 0.6) is 0 Å². The summed E-state index contributed by atoms with van der Waals surface area (Å²) in [5.41, 5.74) is 1.69. The lowest BCUT2D eigenvalue weighted by Gasteiger charge is -2.36. The van der Waals surface area contributed by atoms with Crippen molar-refractivity contribution in [2.45, 2.75) is 50.2 Å². The lowest BCUT2D eigenvalue weighted by molar-refractivity contribution is -0.136. The highest BCUT2D eigenvalue weighted by Gasteiger charge is 2.44. The van der Waals surface area contributed by atoms with E-state index >= 15 is 0 Å². The summed E-state index contributed by atoms with van der Waals surface area (Å²) >= 11 is 1.62. The molecule has 3 aliphatic heterocycles. The number of amides is 4. The SMILES string of the molecule is CC(C)(C)OC(=O)c1ccc(N2CCN(CCSc3ccc4c(c3)C(=O)N(C3CCC(=O)NC3=O)C4=O)CC2)cc1. The third-order valence-electron chi connectivity index (χ3n) is 7.33. The topological polar surface area (TPSA) is 116 Å². The summed E-state index contributed by atoms with van der Waals surface area (Å²) in [7, 11) is 0. The number of benzene rings is 2. The molecule has 0 aliphatic carbocycles. The van der Waals surface area contributed by atoms with Crippen LogP contribution < -0.4 is 10.2 Å². The van der Waals surface area contributed by atoms with Crippen molar-refractivity contribution in [2.24, 2.45) is 0 Å². The normalized spacial score (nSPS) is 19.8. The van der Waals surface area contributed by atoms with Gasteiger partial charge in [0.1, 0.15) is 11.6 Å². The number of piperidine rings is 1. The second-order valence-corrected chi connectivity index (χ2v) is 12.5. The number of hydrogen-bond acceptors (Lipinski definition) is 9. The molecule has 2 aromatic carbocycles.